The van der Waals surface area contributed by atoms with E-state index in [1.54, 1.807) is 24.4 Å². The zero-order valence-electron chi connectivity index (χ0n) is 14.0. The SMILES string of the molecule is Cc1cc([C@H]2[C@H]3O[C@H](C[C@@H]3F)[C@H]2C(=O)Nc2ccc(Cl)c(Cl)c2)ccn1. The average Bonchev–Trinajstić information content (AvgIpc) is 3.15. The number of nitrogens with one attached hydrogen (secondary N) is 1. The Hall–Kier alpha value is -1.69. The van der Waals surface area contributed by atoms with Crippen molar-refractivity contribution in [2.24, 2.45) is 5.92 Å². The monoisotopic (exact) mass is 394 g/mol. The third-order valence-electron chi connectivity index (χ3n) is 5.08. The number of aromatic nitrogens is 1. The first-order valence-corrected chi connectivity index (χ1v) is 9.17. The second kappa shape index (κ2) is 6.80. The summed E-state index contributed by atoms with van der Waals surface area (Å²) in [5.74, 6) is -1.02. The Bertz CT molecular complexity index is 863. The largest absolute Gasteiger partial charge is 0.370 e. The number of rotatable bonds is 3. The maximum absolute atomic E-state index is 14.3. The Kier molecular flexibility index (Phi) is 4.63. The lowest BCUT2D eigenvalue weighted by Gasteiger charge is -2.29. The summed E-state index contributed by atoms with van der Waals surface area (Å²) < 4.78 is 20.1. The summed E-state index contributed by atoms with van der Waals surface area (Å²) in [6.07, 6.45) is -0.183. The summed E-state index contributed by atoms with van der Waals surface area (Å²) in [7, 11) is 0. The van der Waals surface area contributed by atoms with Gasteiger partial charge in [-0.25, -0.2) is 4.39 Å². The molecule has 2 aromatic rings. The number of fused-ring (bicyclic) bond motifs is 2. The summed E-state index contributed by atoms with van der Waals surface area (Å²) >= 11 is 11.9. The van der Waals surface area contributed by atoms with E-state index in [9.17, 15) is 9.18 Å². The van der Waals surface area contributed by atoms with Gasteiger partial charge in [0, 0.05) is 29.9 Å². The highest BCUT2D eigenvalue weighted by Crippen LogP contribution is 2.50. The van der Waals surface area contributed by atoms with E-state index in [4.69, 9.17) is 27.9 Å². The molecule has 2 aliphatic heterocycles. The first-order chi connectivity index (χ1) is 12.4. The van der Waals surface area contributed by atoms with Gasteiger partial charge >= 0.3 is 0 Å². The number of nitrogens with zero attached hydrogens (tertiary/aromatic N) is 1. The predicted molar refractivity (Wildman–Crippen MR) is 98.5 cm³/mol. The van der Waals surface area contributed by atoms with Gasteiger partial charge in [-0.2, -0.15) is 0 Å². The molecule has 0 aliphatic carbocycles. The third kappa shape index (κ3) is 3.08. The van der Waals surface area contributed by atoms with Crippen molar-refractivity contribution < 1.29 is 13.9 Å². The molecule has 7 heteroatoms. The lowest BCUT2D eigenvalue weighted by atomic mass is 9.74. The number of ether oxygens (including phenoxy) is 1. The van der Waals surface area contributed by atoms with Crippen LogP contribution in [0.25, 0.3) is 0 Å². The molecule has 0 unspecified atom stereocenters. The van der Waals surface area contributed by atoms with E-state index in [0.29, 0.717) is 15.7 Å². The Morgan fingerprint density at radius 1 is 1.27 bits per heavy atom. The Morgan fingerprint density at radius 3 is 2.81 bits per heavy atom. The summed E-state index contributed by atoms with van der Waals surface area (Å²) in [4.78, 5) is 17.2. The summed E-state index contributed by atoms with van der Waals surface area (Å²) in [6.45, 7) is 1.87. The van der Waals surface area contributed by atoms with E-state index >= 15 is 0 Å². The standard InChI is InChI=1S/C19H17Cl2FN2O2/c1-9-6-10(4-5-23-9)16-17(15-8-14(22)18(16)26-15)19(25)24-11-2-3-12(20)13(21)7-11/h2-7,14-18H,8H2,1H3,(H,24,25)/t14-,15+,16+,17+,18-/m0/s1. The van der Waals surface area contributed by atoms with E-state index < -0.39 is 24.3 Å². The van der Waals surface area contributed by atoms with Crippen LogP contribution in [0.5, 0.6) is 0 Å². The van der Waals surface area contributed by atoms with Gasteiger partial charge in [0.25, 0.3) is 0 Å². The van der Waals surface area contributed by atoms with Gasteiger partial charge in [-0.15, -0.1) is 0 Å². The molecule has 0 saturated carbocycles. The number of aryl methyl sites for hydroxylation is 1. The Balaban J connectivity index is 1.62. The minimum atomic E-state index is -1.06. The lowest BCUT2D eigenvalue weighted by Crippen LogP contribution is -2.39. The van der Waals surface area contributed by atoms with Crippen LogP contribution < -0.4 is 5.32 Å². The number of pyridine rings is 1. The molecule has 2 aliphatic rings. The quantitative estimate of drug-likeness (QED) is 0.830. The molecule has 5 atom stereocenters. The molecule has 4 nitrogen and oxygen atoms in total. The highest BCUT2D eigenvalue weighted by molar-refractivity contribution is 6.42. The summed E-state index contributed by atoms with van der Waals surface area (Å²) in [5.41, 5.74) is 2.25. The molecule has 26 heavy (non-hydrogen) atoms. The van der Waals surface area contributed by atoms with Crippen molar-refractivity contribution in [2.75, 3.05) is 5.32 Å². The lowest BCUT2D eigenvalue weighted by molar-refractivity contribution is -0.121. The smallest absolute Gasteiger partial charge is 0.230 e. The van der Waals surface area contributed by atoms with E-state index in [2.05, 4.69) is 10.3 Å². The minimum Gasteiger partial charge on any atom is -0.370 e. The molecule has 1 aromatic carbocycles. The van der Waals surface area contributed by atoms with E-state index in [1.165, 1.54) is 0 Å². The van der Waals surface area contributed by atoms with Crippen LogP contribution in [0.1, 0.15) is 23.6 Å². The topological polar surface area (TPSA) is 51.2 Å². The van der Waals surface area contributed by atoms with Crippen molar-refractivity contribution in [3.63, 3.8) is 0 Å². The highest BCUT2D eigenvalue weighted by atomic mass is 35.5. The minimum absolute atomic E-state index is 0.206. The number of alkyl halides is 1. The van der Waals surface area contributed by atoms with Gasteiger partial charge in [-0.05, 0) is 42.8 Å². The fourth-order valence-corrected chi connectivity index (χ4v) is 4.28. The maximum atomic E-state index is 14.3. The van der Waals surface area contributed by atoms with Crippen molar-refractivity contribution in [3.05, 3.63) is 57.8 Å². The highest BCUT2D eigenvalue weighted by Gasteiger charge is 2.57. The first kappa shape index (κ1) is 17.7. The second-order valence-corrected chi connectivity index (χ2v) is 7.61. The predicted octanol–water partition coefficient (Wildman–Crippen LogP) is 4.54. The molecule has 1 amide bonds. The van der Waals surface area contributed by atoms with Gasteiger partial charge in [-0.3, -0.25) is 9.78 Å². The number of halogens is 3. The fraction of sp³-hybridized carbons (Fsp3) is 0.368. The maximum Gasteiger partial charge on any atom is 0.230 e. The molecule has 3 heterocycles. The average molecular weight is 395 g/mol. The van der Waals surface area contributed by atoms with Gasteiger partial charge in [0.2, 0.25) is 5.91 Å². The van der Waals surface area contributed by atoms with Crippen LogP contribution in [0.15, 0.2) is 36.5 Å². The number of hydrogen-bond acceptors (Lipinski definition) is 3. The van der Waals surface area contributed by atoms with Gasteiger partial charge in [0.1, 0.15) is 6.17 Å². The van der Waals surface area contributed by atoms with Crippen molar-refractivity contribution >= 4 is 34.8 Å². The van der Waals surface area contributed by atoms with Crippen LogP contribution in [0, 0.1) is 12.8 Å². The second-order valence-electron chi connectivity index (χ2n) is 6.79. The number of hydrogen-bond donors (Lipinski definition) is 1. The number of carbonyl (C=O) groups excluding carboxylic acids is 1. The van der Waals surface area contributed by atoms with Crippen LogP contribution in [0.4, 0.5) is 10.1 Å². The molecule has 4 rings (SSSR count). The normalized spacial score (nSPS) is 29.8. The first-order valence-electron chi connectivity index (χ1n) is 8.42. The number of amides is 1. The van der Waals surface area contributed by atoms with Crippen LogP contribution in [0.2, 0.25) is 10.0 Å². The van der Waals surface area contributed by atoms with Gasteiger partial charge in [0.05, 0.1) is 28.2 Å². The molecule has 0 radical (unpaired) electrons. The molecular formula is C19H17Cl2FN2O2. The molecule has 136 valence electrons. The van der Waals surface area contributed by atoms with Gasteiger partial charge in [-0.1, -0.05) is 23.2 Å². The summed E-state index contributed by atoms with van der Waals surface area (Å²) in [6, 6.07) is 8.62. The van der Waals surface area contributed by atoms with Crippen molar-refractivity contribution in [1.82, 2.24) is 4.98 Å². The molecular weight excluding hydrogens is 378 g/mol. The molecule has 1 N–H and O–H groups in total. The van der Waals surface area contributed by atoms with Crippen LogP contribution >= 0.6 is 23.2 Å². The van der Waals surface area contributed by atoms with Crippen molar-refractivity contribution in [1.29, 1.82) is 0 Å². The molecule has 2 fully saturated rings. The van der Waals surface area contributed by atoms with Crippen LogP contribution in [-0.4, -0.2) is 29.3 Å². The zero-order valence-corrected chi connectivity index (χ0v) is 15.5. The van der Waals surface area contributed by atoms with E-state index in [1.807, 2.05) is 19.1 Å². The van der Waals surface area contributed by atoms with E-state index in [-0.39, 0.29) is 18.2 Å². The van der Waals surface area contributed by atoms with E-state index in [0.717, 1.165) is 11.3 Å². The molecule has 2 saturated heterocycles. The number of carbonyl (C=O) groups is 1. The van der Waals surface area contributed by atoms with Crippen molar-refractivity contribution in [2.45, 2.75) is 37.6 Å². The zero-order chi connectivity index (χ0) is 18.4. The molecule has 0 spiro atoms. The van der Waals surface area contributed by atoms with Crippen molar-refractivity contribution in [3.8, 4) is 0 Å². The number of anilines is 1. The fourth-order valence-electron chi connectivity index (χ4n) is 3.98. The Morgan fingerprint density at radius 2 is 2.08 bits per heavy atom. The third-order valence-corrected chi connectivity index (χ3v) is 5.82. The molecule has 2 bridgehead atoms. The Labute approximate surface area is 160 Å². The van der Waals surface area contributed by atoms with Gasteiger partial charge < -0.3 is 10.1 Å². The van der Waals surface area contributed by atoms with Crippen LogP contribution in [-0.2, 0) is 9.53 Å². The molecule has 1 aromatic heterocycles. The number of benzene rings is 1. The van der Waals surface area contributed by atoms with Crippen LogP contribution in [0.3, 0.4) is 0 Å². The summed E-state index contributed by atoms with van der Waals surface area (Å²) in [5, 5.41) is 3.64. The van der Waals surface area contributed by atoms with Gasteiger partial charge in [0.15, 0.2) is 0 Å².